The summed E-state index contributed by atoms with van der Waals surface area (Å²) in [5, 5.41) is 2.21. The quantitative estimate of drug-likeness (QED) is 0.103. The summed E-state index contributed by atoms with van der Waals surface area (Å²) in [4.78, 5) is 11.5. The maximum Gasteiger partial charge on any atom is 0.147 e. The van der Waals surface area contributed by atoms with E-state index in [-0.39, 0.29) is 0 Å². The van der Waals surface area contributed by atoms with Crippen molar-refractivity contribution >= 4 is 54.1 Å². The van der Waals surface area contributed by atoms with Gasteiger partial charge in [-0.3, -0.25) is 0 Å². The van der Waals surface area contributed by atoms with E-state index in [1.54, 1.807) is 0 Å². The Morgan fingerprint density at radius 2 is 0.500 bits per heavy atom. The minimum atomic E-state index is -2.13. The average molecular weight is 902 g/mol. The molecule has 0 aliphatic heterocycles. The molecule has 0 aliphatic rings. The van der Waals surface area contributed by atoms with Gasteiger partial charge in [-0.2, -0.15) is 0 Å². The number of aromatic nitrogens is 2. The van der Waals surface area contributed by atoms with Crippen LogP contribution in [0, 0.1) is 45.9 Å². The molecule has 0 spiro atoms. The zero-order valence-corrected chi connectivity index (χ0v) is 48.1. The third-order valence-corrected chi connectivity index (χ3v) is 41.1. The van der Waals surface area contributed by atoms with Crippen LogP contribution in [0.4, 0.5) is 0 Å². The summed E-state index contributed by atoms with van der Waals surface area (Å²) in [5.74, 6) is 15.5. The molecule has 6 heteroatoms. The third kappa shape index (κ3) is 9.72. The minimum absolute atomic E-state index is 0.488. The van der Waals surface area contributed by atoms with E-state index in [2.05, 4.69) is 236 Å². The van der Waals surface area contributed by atoms with Gasteiger partial charge >= 0.3 is 0 Å². The van der Waals surface area contributed by atoms with E-state index in [4.69, 9.17) is 9.97 Å². The van der Waals surface area contributed by atoms with Crippen molar-refractivity contribution in [1.29, 1.82) is 0 Å². The second kappa shape index (κ2) is 21.0. The third-order valence-electron chi connectivity index (χ3n) is 15.9. The molecular weight excluding hydrogens is 813 g/mol. The molecule has 0 N–H and O–H groups in total. The molecule has 3 aromatic rings. The fraction of sp³-hybridized carbons (Fsp3) is 0.643. The molecule has 0 atom stereocenters. The smallest absolute Gasteiger partial charge is 0.147 e. The SMILES string of the molecule is CC(C)[Si](C#Cc1nc2c(C#C[Si](C(C)C)(C(C)C)C(C)C)c3ccccc3c(C#C[Si](C(C)C)(C(C)C)C(C)C)c2nc1C#C[Si](C(C)C)(C(C)C)C(C)C)(C(C)C)C(C)C. The van der Waals surface area contributed by atoms with Crippen molar-refractivity contribution in [1.82, 2.24) is 9.97 Å². The van der Waals surface area contributed by atoms with Gasteiger partial charge in [0.05, 0.1) is 11.1 Å². The predicted molar refractivity (Wildman–Crippen MR) is 289 cm³/mol. The van der Waals surface area contributed by atoms with Crippen LogP contribution in [0.15, 0.2) is 24.3 Å². The molecule has 1 heterocycles. The number of hydrogen-bond acceptors (Lipinski definition) is 2. The van der Waals surface area contributed by atoms with Crippen molar-refractivity contribution in [3.63, 3.8) is 0 Å². The van der Waals surface area contributed by atoms with Crippen LogP contribution in [0.1, 0.15) is 189 Å². The van der Waals surface area contributed by atoms with Gasteiger partial charge in [0.15, 0.2) is 0 Å². The molecule has 0 saturated carbocycles. The van der Waals surface area contributed by atoms with Crippen LogP contribution < -0.4 is 0 Å². The molecule has 0 aliphatic carbocycles. The summed E-state index contributed by atoms with van der Waals surface area (Å²) in [5.41, 5.74) is 27.2. The molecule has 1 aromatic heterocycles. The highest BCUT2D eigenvalue weighted by Crippen LogP contribution is 2.45. The van der Waals surface area contributed by atoms with E-state index in [0.717, 1.165) is 32.9 Å². The van der Waals surface area contributed by atoms with Gasteiger partial charge in [-0.15, -0.1) is 22.2 Å². The maximum absolute atomic E-state index is 5.74. The van der Waals surface area contributed by atoms with Gasteiger partial charge in [-0.05, 0) is 66.5 Å². The summed E-state index contributed by atoms with van der Waals surface area (Å²) < 4.78 is 0. The maximum atomic E-state index is 5.74. The number of nitrogens with zero attached hydrogens (tertiary/aromatic N) is 2. The van der Waals surface area contributed by atoms with Gasteiger partial charge in [0.1, 0.15) is 54.7 Å². The van der Waals surface area contributed by atoms with E-state index < -0.39 is 32.3 Å². The van der Waals surface area contributed by atoms with Crippen molar-refractivity contribution in [2.45, 2.75) is 233 Å². The lowest BCUT2D eigenvalue weighted by atomic mass is 9.97. The molecule has 338 valence electrons. The Balaban J connectivity index is 2.93. The molecule has 2 nitrogen and oxygen atoms in total. The second-order valence-electron chi connectivity index (χ2n) is 22.5. The molecule has 2 aromatic carbocycles. The van der Waals surface area contributed by atoms with Crippen LogP contribution in [0.2, 0.25) is 66.5 Å². The van der Waals surface area contributed by atoms with Crippen LogP contribution >= 0.6 is 0 Å². The first-order valence-electron chi connectivity index (χ1n) is 24.5. The number of hydrogen-bond donors (Lipinski definition) is 0. The molecule has 0 bridgehead atoms. The highest BCUT2D eigenvalue weighted by atomic mass is 28.3. The molecule has 0 unspecified atom stereocenters. The highest BCUT2D eigenvalue weighted by Gasteiger charge is 2.45. The Morgan fingerprint density at radius 1 is 0.306 bits per heavy atom. The van der Waals surface area contributed by atoms with Crippen LogP contribution in [-0.2, 0) is 0 Å². The highest BCUT2D eigenvalue weighted by molar-refractivity contribution is 6.92. The summed E-state index contributed by atoms with van der Waals surface area (Å²) in [6.07, 6.45) is 0. The summed E-state index contributed by atoms with van der Waals surface area (Å²) >= 11 is 0. The Hall–Kier alpha value is -2.85. The molecule has 3 rings (SSSR count). The van der Waals surface area contributed by atoms with Crippen LogP contribution in [-0.4, -0.2) is 42.3 Å². The van der Waals surface area contributed by atoms with Gasteiger partial charge in [0, 0.05) is 10.8 Å². The standard InChI is InChI=1S/C56H88N2Si4/c1-37(2)59(38(3)4,39(5)6)33-29-51-49-27-25-26-28-50(49)52(30-34-60(40(7)8,41(9)10)42(11)12)56-55(51)57-53(31-35-61(43(13)14,44(15)16)45(17)18)54(58-56)32-36-62(46(19)20,47(21)22)48(23)24/h25-28,37-48H,1-24H3. The topological polar surface area (TPSA) is 25.8 Å². The molecule has 62 heavy (non-hydrogen) atoms. The van der Waals surface area contributed by atoms with E-state index in [1.165, 1.54) is 0 Å². The number of benzene rings is 2. The van der Waals surface area contributed by atoms with E-state index in [1.807, 2.05) is 0 Å². The van der Waals surface area contributed by atoms with E-state index in [9.17, 15) is 0 Å². The first-order valence-corrected chi connectivity index (χ1v) is 33.5. The van der Waals surface area contributed by atoms with Crippen LogP contribution in [0.25, 0.3) is 21.8 Å². The average Bonchev–Trinajstić information content (AvgIpc) is 3.14. The Morgan fingerprint density at radius 3 is 0.694 bits per heavy atom. The number of fused-ring (bicyclic) bond motifs is 2. The lowest BCUT2D eigenvalue weighted by Crippen LogP contribution is -2.43. The summed E-state index contributed by atoms with van der Waals surface area (Å²) in [6, 6.07) is 8.79. The molecule has 0 amide bonds. The van der Waals surface area contributed by atoms with Crippen molar-refractivity contribution < 1.29 is 0 Å². The van der Waals surface area contributed by atoms with Gasteiger partial charge < -0.3 is 0 Å². The zero-order valence-electron chi connectivity index (χ0n) is 44.1. The molecular formula is C56H88N2Si4. The molecule has 0 fully saturated rings. The lowest BCUT2D eigenvalue weighted by Gasteiger charge is -2.38. The Kier molecular flexibility index (Phi) is 18.1. The van der Waals surface area contributed by atoms with Gasteiger partial charge in [-0.25, -0.2) is 9.97 Å². The summed E-state index contributed by atoms with van der Waals surface area (Å²) in [7, 11) is -8.50. The summed E-state index contributed by atoms with van der Waals surface area (Å²) in [6.45, 7) is 57.3. The first kappa shape index (κ1) is 53.5. The second-order valence-corrected chi connectivity index (χ2v) is 44.8. The van der Waals surface area contributed by atoms with E-state index in [0.29, 0.717) is 77.9 Å². The van der Waals surface area contributed by atoms with Gasteiger partial charge in [0.25, 0.3) is 0 Å². The van der Waals surface area contributed by atoms with Crippen molar-refractivity contribution in [2.75, 3.05) is 0 Å². The predicted octanol–water partition coefficient (Wildman–Crippen LogP) is 17.1. The Bertz CT molecular complexity index is 2040. The fourth-order valence-electron chi connectivity index (χ4n) is 12.8. The van der Waals surface area contributed by atoms with E-state index >= 15 is 0 Å². The largest absolute Gasteiger partial charge is 0.233 e. The van der Waals surface area contributed by atoms with Gasteiger partial charge in [0.2, 0.25) is 0 Å². The van der Waals surface area contributed by atoms with Crippen molar-refractivity contribution in [2.24, 2.45) is 0 Å². The fourth-order valence-corrected chi connectivity index (χ4v) is 33.6. The first-order chi connectivity index (χ1) is 28.7. The lowest BCUT2D eigenvalue weighted by molar-refractivity contribution is 0.838. The van der Waals surface area contributed by atoms with Gasteiger partial charge in [-0.1, -0.05) is 214 Å². The van der Waals surface area contributed by atoms with Crippen LogP contribution in [0.5, 0.6) is 0 Å². The monoisotopic (exact) mass is 901 g/mol. The molecule has 0 saturated heterocycles. The van der Waals surface area contributed by atoms with Crippen molar-refractivity contribution in [3.8, 4) is 45.9 Å². The molecule has 0 radical (unpaired) electrons. The zero-order chi connectivity index (χ0) is 47.4. The normalized spacial score (nSPS) is 13.1. The minimum Gasteiger partial charge on any atom is -0.233 e. The number of rotatable bonds is 12. The Labute approximate surface area is 387 Å². The van der Waals surface area contributed by atoms with Crippen molar-refractivity contribution in [3.05, 3.63) is 46.8 Å². The van der Waals surface area contributed by atoms with Crippen LogP contribution in [0.3, 0.4) is 0 Å².